The van der Waals surface area contributed by atoms with Crippen LogP contribution in [-0.4, -0.2) is 46.0 Å². The van der Waals surface area contributed by atoms with Crippen LogP contribution in [0, 0.1) is 13.8 Å². The second-order valence-corrected chi connectivity index (χ2v) is 10.8. The predicted octanol–water partition coefficient (Wildman–Crippen LogP) is 7.02. The summed E-state index contributed by atoms with van der Waals surface area (Å²) in [5.74, 6) is 0.0277. The van der Waals surface area contributed by atoms with E-state index in [4.69, 9.17) is 0 Å². The summed E-state index contributed by atoms with van der Waals surface area (Å²) in [6, 6.07) is 10.5. The number of aromatic hydroxyl groups is 2. The number of phenolic OH excluding ortho intramolecular Hbond substituents is 2. The van der Waals surface area contributed by atoms with Crippen molar-refractivity contribution in [3.8, 4) is 22.6 Å². The number of aromatic nitrogens is 1. The Hall–Kier alpha value is -3.81. The number of phenols is 2. The van der Waals surface area contributed by atoms with Gasteiger partial charge in [-0.15, -0.1) is 0 Å². The first-order chi connectivity index (χ1) is 18.4. The Morgan fingerprint density at radius 1 is 0.897 bits per heavy atom. The first kappa shape index (κ1) is 26.8. The van der Waals surface area contributed by atoms with E-state index in [-0.39, 0.29) is 11.5 Å². The third-order valence-electron chi connectivity index (χ3n) is 8.57. The van der Waals surface area contributed by atoms with E-state index in [1.165, 1.54) is 8.96 Å². The molecule has 0 fully saturated rings. The standard InChI is InChI=1S/C31H36BF2N3O2/c1-9-23-17(3)30-29(31-18(4)24(10-2)20(6)37(31)32(33,34)36(30)19(23)5)21-11-13-25(27(38)15-21)26-14-12-22(35(7)8)16-28(26)39/h11-16,38-39H,9-10H2,1-8H3. The third kappa shape index (κ3) is 3.68. The lowest BCUT2D eigenvalue weighted by molar-refractivity contribution is -0.363. The Morgan fingerprint density at radius 3 is 2.05 bits per heavy atom. The molecule has 3 heterocycles. The summed E-state index contributed by atoms with van der Waals surface area (Å²) >= 11 is 0. The van der Waals surface area contributed by atoms with Crippen molar-refractivity contribution < 1.29 is 23.3 Å². The zero-order chi connectivity index (χ0) is 28.5. The van der Waals surface area contributed by atoms with Gasteiger partial charge in [0, 0.05) is 60.7 Å². The van der Waals surface area contributed by atoms with Crippen LogP contribution < -0.4 is 4.90 Å². The van der Waals surface area contributed by atoms with Crippen molar-refractivity contribution in [2.24, 2.45) is 0 Å². The Labute approximate surface area is 229 Å². The van der Waals surface area contributed by atoms with E-state index < -0.39 is 6.97 Å². The van der Waals surface area contributed by atoms with E-state index >= 15 is 8.63 Å². The first-order valence-electron chi connectivity index (χ1n) is 13.5. The molecule has 8 heteroatoms. The second kappa shape index (κ2) is 9.14. The van der Waals surface area contributed by atoms with Gasteiger partial charge in [0.1, 0.15) is 17.2 Å². The molecule has 5 nitrogen and oxygen atoms in total. The molecular formula is C31H36BF2N3O2. The Kier molecular flexibility index (Phi) is 6.28. The molecule has 3 aromatic rings. The van der Waals surface area contributed by atoms with Crippen LogP contribution in [0.1, 0.15) is 62.2 Å². The number of allylic oxidation sites excluding steroid dienone is 2. The molecule has 2 N–H and O–H groups in total. The highest BCUT2D eigenvalue weighted by Crippen LogP contribution is 2.48. The first-order valence-corrected chi connectivity index (χ1v) is 13.5. The molecule has 2 aliphatic rings. The zero-order valence-electron chi connectivity index (χ0n) is 23.9. The van der Waals surface area contributed by atoms with E-state index in [2.05, 4.69) is 0 Å². The monoisotopic (exact) mass is 531 g/mol. The Bertz CT molecular complexity index is 1640. The topological polar surface area (TPSA) is 51.6 Å². The van der Waals surface area contributed by atoms with Crippen LogP contribution in [0.25, 0.3) is 16.7 Å². The van der Waals surface area contributed by atoms with Gasteiger partial charge in [-0.3, -0.25) is 0 Å². The number of hydrogen-bond donors (Lipinski definition) is 2. The molecule has 2 aromatic carbocycles. The van der Waals surface area contributed by atoms with Gasteiger partial charge in [0.05, 0.1) is 5.57 Å². The molecule has 0 saturated carbocycles. The molecule has 0 radical (unpaired) electrons. The summed E-state index contributed by atoms with van der Waals surface area (Å²) in [7, 11) is 3.78. The fraction of sp³-hybridized carbons (Fsp3) is 0.323. The number of hydrogen-bond acceptors (Lipinski definition) is 3. The van der Waals surface area contributed by atoms with E-state index in [9.17, 15) is 10.2 Å². The van der Waals surface area contributed by atoms with E-state index in [0.29, 0.717) is 57.9 Å². The molecule has 39 heavy (non-hydrogen) atoms. The van der Waals surface area contributed by atoms with Gasteiger partial charge >= 0.3 is 6.97 Å². The number of nitrogens with zero attached hydrogens (tertiary/aromatic N) is 3. The molecule has 0 atom stereocenters. The van der Waals surface area contributed by atoms with Crippen LogP contribution in [0.3, 0.4) is 0 Å². The van der Waals surface area contributed by atoms with Gasteiger partial charge in [-0.05, 0) is 80.3 Å². The molecular weight excluding hydrogens is 495 g/mol. The van der Waals surface area contributed by atoms with Crippen molar-refractivity contribution in [1.82, 2.24) is 4.48 Å². The Balaban J connectivity index is 1.80. The summed E-state index contributed by atoms with van der Waals surface area (Å²) in [5.41, 5.74) is 8.86. The highest BCUT2D eigenvalue weighted by atomic mass is 19.2. The SMILES string of the molecule is CCC1=C(C)C2=C(c3ccc(-c4ccc(N(C)C)cc4O)c(O)c3)c3c(C)c(CC)c(C)n3[B-](F)(F)[N+]2=C1C. The van der Waals surface area contributed by atoms with Gasteiger partial charge in [-0.1, -0.05) is 19.9 Å². The maximum absolute atomic E-state index is 16.5. The molecule has 2 aliphatic heterocycles. The van der Waals surface area contributed by atoms with Crippen LogP contribution in [-0.2, 0) is 6.42 Å². The largest absolute Gasteiger partial charge is 0.737 e. The quantitative estimate of drug-likeness (QED) is 0.348. The molecule has 1 aromatic heterocycles. The minimum Gasteiger partial charge on any atom is -0.507 e. The minimum atomic E-state index is -4.11. The molecule has 0 spiro atoms. The number of rotatable bonds is 5. The number of fused-ring (bicyclic) bond motifs is 2. The van der Waals surface area contributed by atoms with E-state index in [1.54, 1.807) is 38.1 Å². The average Bonchev–Trinajstić information content (AvgIpc) is 3.29. The van der Waals surface area contributed by atoms with Crippen molar-refractivity contribution in [3.05, 3.63) is 81.3 Å². The number of anilines is 1. The fourth-order valence-electron chi connectivity index (χ4n) is 6.69. The summed E-state index contributed by atoms with van der Waals surface area (Å²) in [6.07, 6.45) is 1.30. The average molecular weight is 531 g/mol. The van der Waals surface area contributed by atoms with Crippen molar-refractivity contribution in [2.45, 2.75) is 54.4 Å². The smallest absolute Gasteiger partial charge is 0.507 e. The zero-order valence-corrected chi connectivity index (χ0v) is 23.9. The third-order valence-corrected chi connectivity index (χ3v) is 8.57. The highest BCUT2D eigenvalue weighted by Gasteiger charge is 2.56. The van der Waals surface area contributed by atoms with E-state index in [1.807, 2.05) is 58.8 Å². The highest BCUT2D eigenvalue weighted by molar-refractivity contribution is 6.58. The summed E-state index contributed by atoms with van der Waals surface area (Å²) in [6.45, 7) is 7.27. The maximum Gasteiger partial charge on any atom is 0.737 e. The molecule has 0 unspecified atom stereocenters. The summed E-state index contributed by atoms with van der Waals surface area (Å²) in [5, 5.41) is 22.0. The van der Waals surface area contributed by atoms with Gasteiger partial charge in [-0.2, -0.15) is 0 Å². The maximum atomic E-state index is 16.5. The molecule has 5 rings (SSSR count). The predicted molar refractivity (Wildman–Crippen MR) is 156 cm³/mol. The number of benzene rings is 2. The van der Waals surface area contributed by atoms with Crippen molar-refractivity contribution >= 4 is 23.9 Å². The summed E-state index contributed by atoms with van der Waals surface area (Å²) < 4.78 is 35.4. The molecule has 0 amide bonds. The van der Waals surface area contributed by atoms with Gasteiger partial charge in [0.25, 0.3) is 0 Å². The van der Waals surface area contributed by atoms with Crippen molar-refractivity contribution in [1.29, 1.82) is 0 Å². The summed E-state index contributed by atoms with van der Waals surface area (Å²) in [4.78, 5) is 1.89. The van der Waals surface area contributed by atoms with Crippen LogP contribution >= 0.6 is 0 Å². The van der Waals surface area contributed by atoms with Crippen LogP contribution in [0.2, 0.25) is 0 Å². The van der Waals surface area contributed by atoms with Gasteiger partial charge in [0.2, 0.25) is 0 Å². The van der Waals surface area contributed by atoms with Gasteiger partial charge in [0.15, 0.2) is 5.70 Å². The lowest BCUT2D eigenvalue weighted by atomic mass is 9.83. The van der Waals surface area contributed by atoms with Crippen molar-refractivity contribution in [2.75, 3.05) is 19.0 Å². The molecule has 0 aliphatic carbocycles. The van der Waals surface area contributed by atoms with E-state index in [0.717, 1.165) is 28.0 Å². The molecule has 0 saturated heterocycles. The van der Waals surface area contributed by atoms with Crippen LogP contribution in [0.15, 0.2) is 53.2 Å². The lowest BCUT2D eigenvalue weighted by Gasteiger charge is -2.34. The van der Waals surface area contributed by atoms with Crippen molar-refractivity contribution in [3.63, 3.8) is 0 Å². The van der Waals surface area contributed by atoms with Crippen LogP contribution in [0.5, 0.6) is 11.5 Å². The van der Waals surface area contributed by atoms with Gasteiger partial charge < -0.3 is 32.7 Å². The van der Waals surface area contributed by atoms with Gasteiger partial charge in [-0.25, -0.2) is 0 Å². The lowest BCUT2D eigenvalue weighted by Crippen LogP contribution is -2.51. The molecule has 204 valence electrons. The minimum absolute atomic E-state index is 0.0258. The normalized spacial score (nSPS) is 16.3. The number of halogens is 2. The second-order valence-electron chi connectivity index (χ2n) is 10.8. The Morgan fingerprint density at radius 2 is 1.51 bits per heavy atom. The fourth-order valence-corrected chi connectivity index (χ4v) is 6.69. The molecule has 0 bridgehead atoms. The van der Waals surface area contributed by atoms with Crippen LogP contribution in [0.4, 0.5) is 14.3 Å².